The van der Waals surface area contributed by atoms with Crippen molar-refractivity contribution < 1.29 is 19.4 Å². The summed E-state index contributed by atoms with van der Waals surface area (Å²) in [4.78, 5) is 21.2. The van der Waals surface area contributed by atoms with Gasteiger partial charge in [0.25, 0.3) is 0 Å². The van der Waals surface area contributed by atoms with Gasteiger partial charge < -0.3 is 9.84 Å². The van der Waals surface area contributed by atoms with Crippen molar-refractivity contribution in [3.05, 3.63) is 0 Å². The lowest BCUT2D eigenvalue weighted by Crippen LogP contribution is -2.19. The molecular formula is C8H14O4. The van der Waals surface area contributed by atoms with E-state index < -0.39 is 17.9 Å². The van der Waals surface area contributed by atoms with Crippen molar-refractivity contribution in [2.24, 2.45) is 5.92 Å². The van der Waals surface area contributed by atoms with Crippen LogP contribution in [0.3, 0.4) is 0 Å². The molecule has 4 heteroatoms. The third kappa shape index (κ3) is 3.95. The Morgan fingerprint density at radius 2 is 2.08 bits per heavy atom. The highest BCUT2D eigenvalue weighted by Gasteiger charge is 2.20. The fourth-order valence-electron chi connectivity index (χ4n) is 1.03. The average molecular weight is 174 g/mol. The van der Waals surface area contributed by atoms with Gasteiger partial charge in [0, 0.05) is 0 Å². The number of rotatable bonds is 5. The van der Waals surface area contributed by atoms with Gasteiger partial charge in [-0.2, -0.15) is 0 Å². The molecule has 0 heterocycles. The first-order valence-corrected chi connectivity index (χ1v) is 3.91. The smallest absolute Gasteiger partial charge is 0.309 e. The van der Waals surface area contributed by atoms with Gasteiger partial charge in [-0.3, -0.25) is 9.59 Å². The van der Waals surface area contributed by atoms with Crippen LogP contribution in [0.25, 0.3) is 0 Å². The summed E-state index contributed by atoms with van der Waals surface area (Å²) in [6.45, 7) is 1.90. The zero-order valence-electron chi connectivity index (χ0n) is 7.37. The molecule has 0 radical (unpaired) electrons. The molecule has 0 rings (SSSR count). The van der Waals surface area contributed by atoms with E-state index >= 15 is 0 Å². The number of methoxy groups -OCH3 is 1. The van der Waals surface area contributed by atoms with E-state index in [9.17, 15) is 9.59 Å². The molecule has 0 saturated heterocycles. The third-order valence-corrected chi connectivity index (χ3v) is 1.59. The summed E-state index contributed by atoms with van der Waals surface area (Å²) in [5.41, 5.74) is 0. The maximum atomic E-state index is 11.0. The normalized spacial score (nSPS) is 12.2. The van der Waals surface area contributed by atoms with Gasteiger partial charge in [0.05, 0.1) is 19.4 Å². The van der Waals surface area contributed by atoms with E-state index in [0.29, 0.717) is 6.42 Å². The monoisotopic (exact) mass is 174 g/mol. The van der Waals surface area contributed by atoms with Crippen LogP contribution in [0, 0.1) is 5.92 Å². The van der Waals surface area contributed by atoms with Crippen LogP contribution < -0.4 is 0 Å². The molecule has 0 amide bonds. The Kier molecular flexibility index (Phi) is 5.08. The van der Waals surface area contributed by atoms with Crippen molar-refractivity contribution in [3.8, 4) is 0 Å². The second-order valence-corrected chi connectivity index (χ2v) is 2.61. The van der Waals surface area contributed by atoms with E-state index in [2.05, 4.69) is 4.74 Å². The number of hydrogen-bond donors (Lipinski definition) is 1. The first-order chi connectivity index (χ1) is 5.61. The minimum absolute atomic E-state index is 0.138. The van der Waals surface area contributed by atoms with Gasteiger partial charge in [-0.15, -0.1) is 0 Å². The zero-order valence-corrected chi connectivity index (χ0v) is 7.37. The van der Waals surface area contributed by atoms with Gasteiger partial charge in [-0.05, 0) is 6.42 Å². The Hall–Kier alpha value is -1.06. The maximum absolute atomic E-state index is 11.0. The summed E-state index contributed by atoms with van der Waals surface area (Å²) < 4.78 is 4.46. The van der Waals surface area contributed by atoms with Gasteiger partial charge in [0.2, 0.25) is 0 Å². The number of esters is 1. The molecule has 0 fully saturated rings. The summed E-state index contributed by atoms with van der Waals surface area (Å²) in [6, 6.07) is 0. The van der Waals surface area contributed by atoms with Gasteiger partial charge in [-0.25, -0.2) is 0 Å². The van der Waals surface area contributed by atoms with Crippen molar-refractivity contribution >= 4 is 11.9 Å². The lowest BCUT2D eigenvalue weighted by atomic mass is 10.0. The quantitative estimate of drug-likeness (QED) is 0.633. The number of hydrogen-bond acceptors (Lipinski definition) is 3. The molecular weight excluding hydrogens is 160 g/mol. The highest BCUT2D eigenvalue weighted by atomic mass is 16.5. The molecule has 1 atom stereocenters. The third-order valence-electron chi connectivity index (χ3n) is 1.59. The molecule has 0 aliphatic heterocycles. The molecule has 70 valence electrons. The van der Waals surface area contributed by atoms with Crippen molar-refractivity contribution in [2.75, 3.05) is 7.11 Å². The van der Waals surface area contributed by atoms with E-state index in [4.69, 9.17) is 5.11 Å². The number of aliphatic carboxylic acids is 1. The number of carbonyl (C=O) groups excluding carboxylic acids is 1. The van der Waals surface area contributed by atoms with Crippen molar-refractivity contribution in [1.29, 1.82) is 0 Å². The standard InChI is InChI=1S/C8H14O4/c1-3-4-6(5-7(9)10)8(11)12-2/h6H,3-5H2,1-2H3,(H,9,10)/t6-/m0/s1. The van der Waals surface area contributed by atoms with Crippen LogP contribution in [-0.2, 0) is 14.3 Å². The zero-order chi connectivity index (χ0) is 9.56. The van der Waals surface area contributed by atoms with Gasteiger partial charge in [0.1, 0.15) is 0 Å². The minimum Gasteiger partial charge on any atom is -0.481 e. The number of carbonyl (C=O) groups is 2. The summed E-state index contributed by atoms with van der Waals surface area (Å²) in [5.74, 6) is -1.88. The van der Waals surface area contributed by atoms with Crippen molar-refractivity contribution in [2.45, 2.75) is 26.2 Å². The molecule has 0 aliphatic carbocycles. The number of carboxylic acids is 1. The summed E-state index contributed by atoms with van der Waals surface area (Å²) in [5, 5.41) is 8.45. The van der Waals surface area contributed by atoms with Crippen LogP contribution in [0.2, 0.25) is 0 Å². The molecule has 4 nitrogen and oxygen atoms in total. The highest BCUT2D eigenvalue weighted by Crippen LogP contribution is 2.12. The molecule has 0 aromatic heterocycles. The van der Waals surface area contributed by atoms with Gasteiger partial charge >= 0.3 is 11.9 Å². The molecule has 0 bridgehead atoms. The first kappa shape index (κ1) is 10.9. The predicted molar refractivity (Wildman–Crippen MR) is 42.7 cm³/mol. The molecule has 0 aromatic carbocycles. The largest absolute Gasteiger partial charge is 0.481 e. The molecule has 0 aromatic rings. The summed E-state index contributed by atoms with van der Waals surface area (Å²) in [6.07, 6.45) is 1.21. The van der Waals surface area contributed by atoms with Crippen LogP contribution in [0.5, 0.6) is 0 Å². The van der Waals surface area contributed by atoms with E-state index in [1.807, 2.05) is 6.92 Å². The van der Waals surface area contributed by atoms with Crippen molar-refractivity contribution in [1.82, 2.24) is 0 Å². The van der Waals surface area contributed by atoms with E-state index in [1.165, 1.54) is 7.11 Å². The minimum atomic E-state index is -0.959. The van der Waals surface area contributed by atoms with Crippen LogP contribution in [-0.4, -0.2) is 24.2 Å². The lowest BCUT2D eigenvalue weighted by molar-refractivity contribution is -0.151. The van der Waals surface area contributed by atoms with Crippen LogP contribution in [0.4, 0.5) is 0 Å². The Bertz CT molecular complexity index is 164. The predicted octanol–water partition coefficient (Wildman–Crippen LogP) is 1.05. The van der Waals surface area contributed by atoms with Crippen LogP contribution in [0.15, 0.2) is 0 Å². The lowest BCUT2D eigenvalue weighted by Gasteiger charge is -2.09. The Balaban J connectivity index is 4.02. The van der Waals surface area contributed by atoms with Crippen molar-refractivity contribution in [3.63, 3.8) is 0 Å². The Labute approximate surface area is 71.5 Å². The molecule has 12 heavy (non-hydrogen) atoms. The fraction of sp³-hybridized carbons (Fsp3) is 0.750. The Morgan fingerprint density at radius 3 is 2.42 bits per heavy atom. The molecule has 0 unspecified atom stereocenters. The van der Waals surface area contributed by atoms with Crippen LogP contribution >= 0.6 is 0 Å². The van der Waals surface area contributed by atoms with E-state index in [1.54, 1.807) is 0 Å². The first-order valence-electron chi connectivity index (χ1n) is 3.91. The average Bonchev–Trinajstić information content (AvgIpc) is 2.01. The summed E-state index contributed by atoms with van der Waals surface area (Å²) >= 11 is 0. The SMILES string of the molecule is CCC[C@@H](CC(=O)O)C(=O)OC. The maximum Gasteiger partial charge on any atom is 0.309 e. The number of carboxylic acid groups (broad SMARTS) is 1. The van der Waals surface area contributed by atoms with E-state index in [0.717, 1.165) is 6.42 Å². The Morgan fingerprint density at radius 1 is 1.50 bits per heavy atom. The van der Waals surface area contributed by atoms with Gasteiger partial charge in [0.15, 0.2) is 0 Å². The number of ether oxygens (including phenoxy) is 1. The molecule has 0 saturated carbocycles. The van der Waals surface area contributed by atoms with Crippen LogP contribution in [0.1, 0.15) is 26.2 Å². The molecule has 1 N–H and O–H groups in total. The summed E-state index contributed by atoms with van der Waals surface area (Å²) in [7, 11) is 1.27. The highest BCUT2D eigenvalue weighted by molar-refractivity contribution is 5.78. The fourth-order valence-corrected chi connectivity index (χ4v) is 1.03. The second kappa shape index (κ2) is 5.57. The second-order valence-electron chi connectivity index (χ2n) is 2.61. The van der Waals surface area contributed by atoms with Gasteiger partial charge in [-0.1, -0.05) is 13.3 Å². The van der Waals surface area contributed by atoms with E-state index in [-0.39, 0.29) is 6.42 Å². The topological polar surface area (TPSA) is 63.6 Å². The molecule has 0 spiro atoms. The molecule has 0 aliphatic rings.